The lowest BCUT2D eigenvalue weighted by atomic mass is 9.85. The van der Waals surface area contributed by atoms with Crippen molar-refractivity contribution in [3.63, 3.8) is 0 Å². The van der Waals surface area contributed by atoms with Gasteiger partial charge in [0.15, 0.2) is 0 Å². The van der Waals surface area contributed by atoms with Crippen LogP contribution in [-0.4, -0.2) is 60.8 Å². The number of sulfone groups is 1. The number of hydrogen-bond acceptors (Lipinski definition) is 9. The molecule has 4 heterocycles. The van der Waals surface area contributed by atoms with Crippen molar-refractivity contribution in [3.05, 3.63) is 46.4 Å². The molecule has 0 aliphatic carbocycles. The van der Waals surface area contributed by atoms with Gasteiger partial charge < -0.3 is 20.3 Å². The zero-order chi connectivity index (χ0) is 26.7. The van der Waals surface area contributed by atoms with Gasteiger partial charge in [-0.3, -0.25) is 10.4 Å². The number of nitrogens with zero attached hydrogens (tertiary/aromatic N) is 4. The summed E-state index contributed by atoms with van der Waals surface area (Å²) >= 11 is 0. The molecule has 3 aliphatic heterocycles. The Bertz CT molecular complexity index is 1400. The van der Waals surface area contributed by atoms with Gasteiger partial charge in [-0.2, -0.15) is 5.10 Å². The Hall–Kier alpha value is -2.89. The van der Waals surface area contributed by atoms with Crippen LogP contribution in [0.1, 0.15) is 55.4 Å². The second kappa shape index (κ2) is 9.14. The highest BCUT2D eigenvalue weighted by atomic mass is 32.2. The standard InChI is InChI=1S/C26H37N7O3S/c1-15(2)37(34,35)25-21(14-33(6)31-25)29-22-7-9-28-26(27,30-22)20-11-16(3)23(18-8-10-32(5)13-18)19-12-17(4)36-24(19)20/h7,9,11,14-15,17-18,29-30H,8,10,12-13,27H2,1-6H3/t17-,18?,26?/m1/s1. The summed E-state index contributed by atoms with van der Waals surface area (Å²) in [6, 6.07) is 2.09. The number of aliphatic imine (C=N–C) groups is 1. The quantitative estimate of drug-likeness (QED) is 0.523. The van der Waals surface area contributed by atoms with Crippen molar-refractivity contribution in [2.24, 2.45) is 17.8 Å². The van der Waals surface area contributed by atoms with Crippen LogP contribution >= 0.6 is 0 Å². The molecule has 1 aromatic carbocycles. The zero-order valence-corrected chi connectivity index (χ0v) is 23.2. The van der Waals surface area contributed by atoms with E-state index in [4.69, 9.17) is 10.5 Å². The first kappa shape index (κ1) is 25.7. The van der Waals surface area contributed by atoms with E-state index >= 15 is 0 Å². The van der Waals surface area contributed by atoms with Crippen LogP contribution in [0.2, 0.25) is 0 Å². The van der Waals surface area contributed by atoms with E-state index in [2.05, 4.69) is 52.6 Å². The Kier molecular flexibility index (Phi) is 6.36. The summed E-state index contributed by atoms with van der Waals surface area (Å²) in [6.45, 7) is 9.63. The number of rotatable bonds is 6. The summed E-state index contributed by atoms with van der Waals surface area (Å²) < 4.78 is 33.6. The van der Waals surface area contributed by atoms with Gasteiger partial charge in [0, 0.05) is 38.0 Å². The fourth-order valence-corrected chi connectivity index (χ4v) is 6.72. The lowest BCUT2D eigenvalue weighted by Crippen LogP contribution is -2.51. The first-order chi connectivity index (χ1) is 17.4. The molecule has 1 aromatic heterocycles. The van der Waals surface area contributed by atoms with Crippen LogP contribution < -0.4 is 21.1 Å². The summed E-state index contributed by atoms with van der Waals surface area (Å²) in [6.07, 6.45) is 7.02. The van der Waals surface area contributed by atoms with Crippen LogP contribution in [0.15, 0.2) is 34.2 Å². The number of ether oxygens (including phenoxy) is 1. The Balaban J connectivity index is 1.49. The number of benzene rings is 1. The zero-order valence-electron chi connectivity index (χ0n) is 22.4. The number of anilines is 1. The van der Waals surface area contributed by atoms with E-state index in [-0.39, 0.29) is 11.1 Å². The van der Waals surface area contributed by atoms with Gasteiger partial charge in [0.1, 0.15) is 17.7 Å². The highest BCUT2D eigenvalue weighted by Gasteiger charge is 2.39. The second-order valence-electron chi connectivity index (χ2n) is 10.8. The lowest BCUT2D eigenvalue weighted by molar-refractivity contribution is 0.245. The Morgan fingerprint density at radius 3 is 2.76 bits per heavy atom. The molecule has 0 bridgehead atoms. The van der Waals surface area contributed by atoms with Crippen molar-refractivity contribution in [1.82, 2.24) is 20.0 Å². The number of aryl methyl sites for hydroxylation is 2. The van der Waals surface area contributed by atoms with Gasteiger partial charge in [0.25, 0.3) is 0 Å². The third-order valence-electron chi connectivity index (χ3n) is 7.45. The Labute approximate surface area is 218 Å². The van der Waals surface area contributed by atoms with E-state index in [9.17, 15) is 8.42 Å². The number of likely N-dealkylation sites (tertiary alicyclic amines) is 1. The van der Waals surface area contributed by atoms with Gasteiger partial charge in [0.05, 0.1) is 16.5 Å². The summed E-state index contributed by atoms with van der Waals surface area (Å²) in [5.74, 6) is 0.507. The van der Waals surface area contributed by atoms with Crippen molar-refractivity contribution < 1.29 is 13.2 Å². The van der Waals surface area contributed by atoms with Crippen LogP contribution in [0.25, 0.3) is 0 Å². The molecule has 3 aliphatic rings. The molecule has 5 rings (SSSR count). The SMILES string of the molecule is Cc1cc(C2(N)N=CC=C(Nc3cn(C)nc3S(=O)(=O)C(C)C)N2)c2c(c1C1CCN(C)C1)C[C@@H](C)O2. The highest BCUT2D eigenvalue weighted by molar-refractivity contribution is 7.92. The summed E-state index contributed by atoms with van der Waals surface area (Å²) in [5.41, 5.74) is 11.8. The van der Waals surface area contributed by atoms with Crippen LogP contribution in [0.3, 0.4) is 0 Å². The fraction of sp³-hybridized carbons (Fsp3) is 0.538. The summed E-state index contributed by atoms with van der Waals surface area (Å²) in [5, 5.41) is 10.1. The summed E-state index contributed by atoms with van der Waals surface area (Å²) in [7, 11) is 0.264. The van der Waals surface area contributed by atoms with E-state index in [0.717, 1.165) is 37.2 Å². The number of aromatic nitrogens is 2. The second-order valence-corrected chi connectivity index (χ2v) is 13.3. The smallest absolute Gasteiger partial charge is 0.213 e. The topological polar surface area (TPSA) is 127 Å². The predicted octanol–water partition coefficient (Wildman–Crippen LogP) is 2.35. The molecule has 4 N–H and O–H groups in total. The van der Waals surface area contributed by atoms with E-state index in [1.165, 1.54) is 21.4 Å². The highest BCUT2D eigenvalue weighted by Crippen LogP contribution is 2.45. The van der Waals surface area contributed by atoms with Crippen LogP contribution in [0.5, 0.6) is 5.75 Å². The van der Waals surface area contributed by atoms with E-state index in [0.29, 0.717) is 17.4 Å². The summed E-state index contributed by atoms with van der Waals surface area (Å²) in [4.78, 5) is 6.98. The van der Waals surface area contributed by atoms with Crippen molar-refractivity contribution >= 4 is 21.7 Å². The fourth-order valence-electron chi connectivity index (χ4n) is 5.62. The number of likely N-dealkylation sites (N-methyl/N-ethyl adjacent to an activating group) is 1. The van der Waals surface area contributed by atoms with Crippen molar-refractivity contribution in [3.8, 4) is 5.75 Å². The molecule has 2 aromatic rings. The van der Waals surface area contributed by atoms with E-state index in [1.54, 1.807) is 39.4 Å². The van der Waals surface area contributed by atoms with Gasteiger partial charge in [-0.15, -0.1) is 0 Å². The molecule has 37 heavy (non-hydrogen) atoms. The molecule has 0 saturated carbocycles. The minimum Gasteiger partial charge on any atom is -0.490 e. The van der Waals surface area contributed by atoms with Crippen molar-refractivity contribution in [2.75, 3.05) is 25.5 Å². The molecular formula is C26H37N7O3S. The van der Waals surface area contributed by atoms with Gasteiger partial charge >= 0.3 is 0 Å². The molecule has 0 amide bonds. The number of nitrogens with one attached hydrogen (secondary N) is 2. The molecule has 0 radical (unpaired) electrons. The maximum absolute atomic E-state index is 12.9. The molecule has 3 atom stereocenters. The number of nitrogens with two attached hydrogens (primary N) is 1. The molecule has 2 unspecified atom stereocenters. The number of hydrogen-bond donors (Lipinski definition) is 3. The van der Waals surface area contributed by atoms with Gasteiger partial charge in [0.2, 0.25) is 20.7 Å². The van der Waals surface area contributed by atoms with Crippen molar-refractivity contribution in [2.45, 2.75) is 68.6 Å². The Morgan fingerprint density at radius 1 is 1.32 bits per heavy atom. The van der Waals surface area contributed by atoms with Crippen LogP contribution in [-0.2, 0) is 29.1 Å². The van der Waals surface area contributed by atoms with E-state index < -0.39 is 20.9 Å². The Morgan fingerprint density at radius 2 is 2.08 bits per heavy atom. The normalized spacial score (nSPS) is 25.7. The maximum atomic E-state index is 12.9. The first-order valence-electron chi connectivity index (χ1n) is 12.8. The average Bonchev–Trinajstić information content (AvgIpc) is 3.51. The monoisotopic (exact) mass is 527 g/mol. The van der Waals surface area contributed by atoms with Gasteiger partial charge in [-0.05, 0) is 76.9 Å². The third kappa shape index (κ3) is 4.53. The average molecular weight is 528 g/mol. The molecule has 1 fully saturated rings. The lowest BCUT2D eigenvalue weighted by Gasteiger charge is -2.33. The molecule has 1 saturated heterocycles. The largest absolute Gasteiger partial charge is 0.490 e. The minimum absolute atomic E-state index is 0.00221. The van der Waals surface area contributed by atoms with Crippen LogP contribution in [0, 0.1) is 6.92 Å². The van der Waals surface area contributed by atoms with Crippen LogP contribution in [0.4, 0.5) is 5.69 Å². The van der Waals surface area contributed by atoms with Crippen molar-refractivity contribution in [1.29, 1.82) is 0 Å². The molecule has 0 spiro atoms. The molecular weight excluding hydrogens is 490 g/mol. The molecule has 10 nitrogen and oxygen atoms in total. The first-order valence-corrected chi connectivity index (χ1v) is 14.3. The minimum atomic E-state index is -3.59. The number of allylic oxidation sites excluding steroid dienone is 1. The molecule has 200 valence electrons. The number of fused-ring (bicyclic) bond motifs is 1. The van der Waals surface area contributed by atoms with Gasteiger partial charge in [-0.1, -0.05) is 0 Å². The third-order valence-corrected chi connectivity index (χ3v) is 9.53. The predicted molar refractivity (Wildman–Crippen MR) is 145 cm³/mol. The maximum Gasteiger partial charge on any atom is 0.213 e. The van der Waals surface area contributed by atoms with E-state index in [1.807, 2.05) is 0 Å². The van der Waals surface area contributed by atoms with Gasteiger partial charge in [-0.25, -0.2) is 13.4 Å². The molecule has 11 heteroatoms.